The summed E-state index contributed by atoms with van der Waals surface area (Å²) < 4.78 is 30.3. The van der Waals surface area contributed by atoms with Gasteiger partial charge in [0, 0.05) is 22.7 Å². The van der Waals surface area contributed by atoms with Gasteiger partial charge < -0.3 is 4.74 Å². The van der Waals surface area contributed by atoms with E-state index in [4.69, 9.17) is 4.74 Å². The Hall–Kier alpha value is -0.710. The Morgan fingerprint density at radius 1 is 1.57 bits per heavy atom. The molecule has 78 valence electrons. The van der Waals surface area contributed by atoms with Gasteiger partial charge in [-0.3, -0.25) is 0 Å². The number of hydrogen-bond acceptors (Lipinski definition) is 2. The van der Waals surface area contributed by atoms with Gasteiger partial charge in [-0.1, -0.05) is 15.9 Å². The van der Waals surface area contributed by atoms with Gasteiger partial charge in [-0.2, -0.15) is 0 Å². The summed E-state index contributed by atoms with van der Waals surface area (Å²) in [5.41, 5.74) is 0.909. The molecule has 1 heterocycles. The molecule has 0 fully saturated rings. The van der Waals surface area contributed by atoms with Gasteiger partial charge in [0.2, 0.25) is 5.88 Å². The molecule has 1 rings (SSSR count). The second-order valence-electron chi connectivity index (χ2n) is 2.78. The fourth-order valence-electron chi connectivity index (χ4n) is 1.26. The van der Waals surface area contributed by atoms with Crippen LogP contribution in [0.15, 0.2) is 6.20 Å². The van der Waals surface area contributed by atoms with Crippen LogP contribution in [0.5, 0.6) is 5.88 Å². The first-order valence-corrected chi connectivity index (χ1v) is 5.10. The third kappa shape index (κ3) is 2.03. The molecule has 2 nitrogen and oxygen atoms in total. The molecule has 0 saturated heterocycles. The zero-order chi connectivity index (χ0) is 10.7. The van der Waals surface area contributed by atoms with Crippen molar-refractivity contribution >= 4 is 15.9 Å². The summed E-state index contributed by atoms with van der Waals surface area (Å²) in [6.45, 7) is 1.61. The summed E-state index contributed by atoms with van der Waals surface area (Å²) in [6, 6.07) is 0. The van der Waals surface area contributed by atoms with Crippen LogP contribution in [0, 0.1) is 6.92 Å². The van der Waals surface area contributed by atoms with E-state index in [-0.39, 0.29) is 11.4 Å². The summed E-state index contributed by atoms with van der Waals surface area (Å²) >= 11 is 3.15. The second-order valence-corrected chi connectivity index (χ2v) is 3.34. The van der Waals surface area contributed by atoms with Gasteiger partial charge in [-0.15, -0.1) is 0 Å². The van der Waals surface area contributed by atoms with Crippen molar-refractivity contribution < 1.29 is 13.5 Å². The quantitative estimate of drug-likeness (QED) is 0.783. The Kier molecular flexibility index (Phi) is 3.80. The Balaban J connectivity index is 3.35. The first-order chi connectivity index (χ1) is 6.61. The highest BCUT2D eigenvalue weighted by molar-refractivity contribution is 9.08. The lowest BCUT2D eigenvalue weighted by atomic mass is 10.1. The number of rotatable bonds is 3. The smallest absolute Gasteiger partial charge is 0.264 e. The average molecular weight is 266 g/mol. The maximum atomic E-state index is 12.7. The second kappa shape index (κ2) is 4.68. The van der Waals surface area contributed by atoms with Crippen LogP contribution in [0.1, 0.15) is 23.1 Å². The molecule has 0 amide bonds. The van der Waals surface area contributed by atoms with Crippen LogP contribution in [0.3, 0.4) is 0 Å². The molecule has 0 N–H and O–H groups in total. The van der Waals surface area contributed by atoms with Gasteiger partial charge in [0.15, 0.2) is 0 Å². The molecule has 14 heavy (non-hydrogen) atoms. The molecule has 0 saturated carbocycles. The van der Waals surface area contributed by atoms with E-state index >= 15 is 0 Å². The molecule has 0 unspecified atom stereocenters. The molecule has 5 heteroatoms. The standard InChI is InChI=1S/C9H10BrF2NO/c1-5-4-13-9(14-2)6(3-10)7(5)8(11)12/h4,8H,3H2,1-2H3. The van der Waals surface area contributed by atoms with Crippen molar-refractivity contribution in [1.82, 2.24) is 4.98 Å². The maximum Gasteiger partial charge on any atom is 0.264 e. The number of ether oxygens (including phenoxy) is 1. The summed E-state index contributed by atoms with van der Waals surface area (Å²) in [6.07, 6.45) is -1.11. The largest absolute Gasteiger partial charge is 0.481 e. The lowest BCUT2D eigenvalue weighted by Crippen LogP contribution is -2.02. The molecule has 0 atom stereocenters. The number of alkyl halides is 3. The Morgan fingerprint density at radius 2 is 2.21 bits per heavy atom. The summed E-state index contributed by atoms with van der Waals surface area (Å²) in [4.78, 5) is 3.93. The van der Waals surface area contributed by atoms with Crippen molar-refractivity contribution in [1.29, 1.82) is 0 Å². The highest BCUT2D eigenvalue weighted by Crippen LogP contribution is 2.32. The van der Waals surface area contributed by atoms with Crippen LogP contribution >= 0.6 is 15.9 Å². The molecule has 0 aliphatic heterocycles. The number of hydrogen-bond donors (Lipinski definition) is 0. The lowest BCUT2D eigenvalue weighted by Gasteiger charge is -2.12. The Morgan fingerprint density at radius 3 is 2.64 bits per heavy atom. The number of methoxy groups -OCH3 is 1. The van der Waals surface area contributed by atoms with E-state index in [1.807, 2.05) is 0 Å². The third-order valence-corrected chi connectivity index (χ3v) is 2.49. The highest BCUT2D eigenvalue weighted by atomic mass is 79.9. The topological polar surface area (TPSA) is 22.1 Å². The molecule has 0 radical (unpaired) electrons. The lowest BCUT2D eigenvalue weighted by molar-refractivity contribution is 0.149. The monoisotopic (exact) mass is 265 g/mol. The summed E-state index contributed by atoms with van der Waals surface area (Å²) in [5.74, 6) is 0.253. The van der Waals surface area contributed by atoms with Crippen molar-refractivity contribution in [2.24, 2.45) is 0 Å². The molecule has 1 aromatic rings. The van der Waals surface area contributed by atoms with Gasteiger partial charge >= 0.3 is 0 Å². The van der Waals surface area contributed by atoms with Crippen LogP contribution in [-0.4, -0.2) is 12.1 Å². The number of halogens is 3. The van der Waals surface area contributed by atoms with E-state index in [1.165, 1.54) is 13.3 Å². The SMILES string of the molecule is COc1ncc(C)c(C(F)F)c1CBr. The number of aryl methyl sites for hydroxylation is 1. The van der Waals surface area contributed by atoms with Crippen molar-refractivity contribution in [2.75, 3.05) is 7.11 Å². The van der Waals surface area contributed by atoms with Gasteiger partial charge in [0.25, 0.3) is 6.43 Å². The van der Waals surface area contributed by atoms with Crippen molar-refractivity contribution in [3.05, 3.63) is 22.9 Å². The fraction of sp³-hybridized carbons (Fsp3) is 0.444. The molecular weight excluding hydrogens is 256 g/mol. The van der Waals surface area contributed by atoms with Crippen LogP contribution in [-0.2, 0) is 5.33 Å². The first kappa shape index (κ1) is 11.4. The van der Waals surface area contributed by atoms with E-state index in [1.54, 1.807) is 6.92 Å². The van der Waals surface area contributed by atoms with Crippen molar-refractivity contribution in [2.45, 2.75) is 18.7 Å². The van der Waals surface area contributed by atoms with E-state index in [2.05, 4.69) is 20.9 Å². The molecule has 0 aliphatic rings. The molecule has 0 aliphatic carbocycles. The maximum absolute atomic E-state index is 12.7. The zero-order valence-electron chi connectivity index (χ0n) is 7.85. The van der Waals surface area contributed by atoms with E-state index in [9.17, 15) is 8.78 Å². The van der Waals surface area contributed by atoms with Crippen molar-refractivity contribution in [3.63, 3.8) is 0 Å². The number of aromatic nitrogens is 1. The molecule has 0 aromatic carbocycles. The predicted octanol–water partition coefficient (Wildman–Crippen LogP) is 3.23. The number of nitrogens with zero attached hydrogens (tertiary/aromatic N) is 1. The molecular formula is C9H10BrF2NO. The minimum atomic E-state index is -2.50. The van der Waals surface area contributed by atoms with Gasteiger partial charge in [0.1, 0.15) is 0 Å². The van der Waals surface area contributed by atoms with Gasteiger partial charge in [0.05, 0.1) is 7.11 Å². The molecule has 0 spiro atoms. The fourth-order valence-corrected chi connectivity index (χ4v) is 1.81. The van der Waals surface area contributed by atoms with Gasteiger partial charge in [-0.05, 0) is 12.5 Å². The van der Waals surface area contributed by atoms with Crippen LogP contribution in [0.4, 0.5) is 8.78 Å². The molecule has 0 bridgehead atoms. The van der Waals surface area contributed by atoms with Crippen LogP contribution < -0.4 is 4.74 Å². The number of pyridine rings is 1. The van der Waals surface area contributed by atoms with Crippen LogP contribution in [0.2, 0.25) is 0 Å². The Bertz CT molecular complexity index is 331. The highest BCUT2D eigenvalue weighted by Gasteiger charge is 2.19. The Labute approximate surface area is 89.4 Å². The van der Waals surface area contributed by atoms with Crippen LogP contribution in [0.25, 0.3) is 0 Å². The van der Waals surface area contributed by atoms with E-state index < -0.39 is 6.43 Å². The third-order valence-electron chi connectivity index (χ3n) is 1.93. The van der Waals surface area contributed by atoms with E-state index in [0.717, 1.165) is 0 Å². The normalized spacial score (nSPS) is 10.7. The predicted molar refractivity (Wildman–Crippen MR) is 53.1 cm³/mol. The minimum absolute atomic E-state index is 0.00808. The summed E-state index contributed by atoms with van der Waals surface area (Å²) in [7, 11) is 1.42. The van der Waals surface area contributed by atoms with Crippen molar-refractivity contribution in [3.8, 4) is 5.88 Å². The van der Waals surface area contributed by atoms with Gasteiger partial charge in [-0.25, -0.2) is 13.8 Å². The minimum Gasteiger partial charge on any atom is -0.481 e. The zero-order valence-corrected chi connectivity index (χ0v) is 9.44. The average Bonchev–Trinajstić information content (AvgIpc) is 2.16. The summed E-state index contributed by atoms with van der Waals surface area (Å²) in [5, 5.41) is 0.310. The first-order valence-electron chi connectivity index (χ1n) is 3.98. The molecule has 1 aromatic heterocycles. The van der Waals surface area contributed by atoms with E-state index in [0.29, 0.717) is 16.5 Å².